The van der Waals surface area contributed by atoms with Crippen LogP contribution in [0.25, 0.3) is 11.4 Å². The molecule has 0 radical (unpaired) electrons. The van der Waals surface area contributed by atoms with Gasteiger partial charge >= 0.3 is 0 Å². The van der Waals surface area contributed by atoms with Crippen LogP contribution < -0.4 is 10.2 Å². The van der Waals surface area contributed by atoms with Crippen molar-refractivity contribution in [1.29, 1.82) is 0 Å². The van der Waals surface area contributed by atoms with Crippen LogP contribution in [0.1, 0.15) is 11.3 Å². The fourth-order valence-corrected chi connectivity index (χ4v) is 3.28. The average molecular weight is 406 g/mol. The number of hydrogen-bond donors (Lipinski definition) is 1. The Balaban J connectivity index is 1.50. The molecule has 4 rings (SSSR count). The summed E-state index contributed by atoms with van der Waals surface area (Å²) in [6.07, 6.45) is 1.81. The Hall–Kier alpha value is -3.59. The summed E-state index contributed by atoms with van der Waals surface area (Å²) in [4.78, 5) is 26.3. The first-order valence-corrected chi connectivity index (χ1v) is 9.70. The summed E-state index contributed by atoms with van der Waals surface area (Å²) in [6, 6.07) is 12.2. The fourth-order valence-electron chi connectivity index (χ4n) is 3.28. The van der Waals surface area contributed by atoms with Crippen molar-refractivity contribution in [3.05, 3.63) is 70.0 Å². The van der Waals surface area contributed by atoms with Crippen LogP contribution in [0, 0.1) is 17.0 Å². The highest BCUT2D eigenvalue weighted by atomic mass is 16.6. The Bertz CT molecular complexity index is 1050. The van der Waals surface area contributed by atoms with Crippen molar-refractivity contribution in [3.63, 3.8) is 0 Å². The lowest BCUT2D eigenvalue weighted by Gasteiger charge is -2.28. The van der Waals surface area contributed by atoms with Crippen LogP contribution in [-0.2, 0) is 11.3 Å². The summed E-state index contributed by atoms with van der Waals surface area (Å²) in [5, 5.41) is 14.4. The van der Waals surface area contributed by atoms with E-state index in [1.165, 1.54) is 12.1 Å². The van der Waals surface area contributed by atoms with E-state index in [1.54, 1.807) is 12.1 Å². The molecule has 1 aromatic carbocycles. The molecule has 9 nitrogen and oxygen atoms in total. The number of nitro groups is 1. The molecule has 30 heavy (non-hydrogen) atoms. The molecule has 0 atom stereocenters. The highest BCUT2D eigenvalue weighted by Crippen LogP contribution is 2.23. The standard InChI is InChI=1S/C21H22N6O3/c1-15-11-19(25-21(24-15)17-3-2-4-18(13-17)27(28)29)23-14-16-5-6-22-20(12-16)26-7-9-30-10-8-26/h2-6,11-13H,7-10,14H2,1H3,(H,23,24,25). The largest absolute Gasteiger partial charge is 0.378 e. The number of non-ortho nitro benzene ring substituents is 1. The van der Waals surface area contributed by atoms with Gasteiger partial charge in [-0.15, -0.1) is 0 Å². The zero-order chi connectivity index (χ0) is 20.9. The molecule has 3 heterocycles. The molecule has 9 heteroatoms. The number of anilines is 2. The number of nitrogens with zero attached hydrogens (tertiary/aromatic N) is 5. The summed E-state index contributed by atoms with van der Waals surface area (Å²) in [6.45, 7) is 5.54. The second-order valence-corrected chi connectivity index (χ2v) is 7.00. The predicted octanol–water partition coefficient (Wildman–Crippen LogP) is 3.20. The van der Waals surface area contributed by atoms with Crippen LogP contribution in [0.3, 0.4) is 0 Å². The molecule has 1 aliphatic heterocycles. The molecule has 0 saturated carbocycles. The third-order valence-electron chi connectivity index (χ3n) is 4.79. The van der Waals surface area contributed by atoms with E-state index in [2.05, 4.69) is 31.2 Å². The van der Waals surface area contributed by atoms with Crippen molar-refractivity contribution in [2.75, 3.05) is 36.5 Å². The molecule has 0 spiro atoms. The zero-order valence-electron chi connectivity index (χ0n) is 16.6. The minimum Gasteiger partial charge on any atom is -0.378 e. The molecule has 1 fully saturated rings. The third-order valence-corrected chi connectivity index (χ3v) is 4.79. The Morgan fingerprint density at radius 2 is 2.00 bits per heavy atom. The fraction of sp³-hybridized carbons (Fsp3) is 0.286. The van der Waals surface area contributed by atoms with Gasteiger partial charge in [0, 0.05) is 55.3 Å². The van der Waals surface area contributed by atoms with Crippen LogP contribution in [0.5, 0.6) is 0 Å². The molecule has 154 valence electrons. The first-order chi connectivity index (χ1) is 14.6. The average Bonchev–Trinajstić information content (AvgIpc) is 2.78. The molecule has 3 aromatic rings. The van der Waals surface area contributed by atoms with Crippen molar-refractivity contribution in [1.82, 2.24) is 15.0 Å². The molecule has 0 bridgehead atoms. The van der Waals surface area contributed by atoms with E-state index in [4.69, 9.17) is 4.74 Å². The molecule has 1 N–H and O–H groups in total. The van der Waals surface area contributed by atoms with E-state index in [0.717, 1.165) is 30.2 Å². The molecule has 1 aliphatic rings. The van der Waals surface area contributed by atoms with Gasteiger partial charge in [-0.25, -0.2) is 15.0 Å². The van der Waals surface area contributed by atoms with Crippen LogP contribution in [-0.4, -0.2) is 46.2 Å². The van der Waals surface area contributed by atoms with Gasteiger partial charge in [0.2, 0.25) is 0 Å². The summed E-state index contributed by atoms with van der Waals surface area (Å²) in [5.74, 6) is 2.05. The monoisotopic (exact) mass is 406 g/mol. The van der Waals surface area contributed by atoms with Crippen molar-refractivity contribution >= 4 is 17.3 Å². The number of hydrogen-bond acceptors (Lipinski definition) is 8. The van der Waals surface area contributed by atoms with Crippen LogP contribution in [0.15, 0.2) is 48.7 Å². The molecule has 2 aromatic heterocycles. The maximum absolute atomic E-state index is 11.1. The van der Waals surface area contributed by atoms with Gasteiger partial charge in [-0.2, -0.15) is 0 Å². The first-order valence-electron chi connectivity index (χ1n) is 9.70. The highest BCUT2D eigenvalue weighted by molar-refractivity contribution is 5.61. The third kappa shape index (κ3) is 4.69. The number of ether oxygens (including phenoxy) is 1. The number of pyridine rings is 1. The Morgan fingerprint density at radius 3 is 2.80 bits per heavy atom. The van der Waals surface area contributed by atoms with Crippen molar-refractivity contribution in [2.45, 2.75) is 13.5 Å². The summed E-state index contributed by atoms with van der Waals surface area (Å²) >= 11 is 0. The number of aromatic nitrogens is 3. The SMILES string of the molecule is Cc1cc(NCc2ccnc(N3CCOCC3)c2)nc(-c2cccc([N+](=O)[O-])c2)n1. The van der Waals surface area contributed by atoms with Gasteiger partial charge < -0.3 is 15.0 Å². The van der Waals surface area contributed by atoms with Gasteiger partial charge in [-0.1, -0.05) is 12.1 Å². The highest BCUT2D eigenvalue weighted by Gasteiger charge is 2.13. The first kappa shape index (κ1) is 19.7. The molecule has 0 aliphatic carbocycles. The van der Waals surface area contributed by atoms with Crippen LogP contribution >= 0.6 is 0 Å². The summed E-state index contributed by atoms with van der Waals surface area (Å²) < 4.78 is 5.40. The van der Waals surface area contributed by atoms with Gasteiger partial charge in [0.1, 0.15) is 11.6 Å². The zero-order valence-corrected chi connectivity index (χ0v) is 16.6. The topological polar surface area (TPSA) is 106 Å². The van der Waals surface area contributed by atoms with Crippen LogP contribution in [0.2, 0.25) is 0 Å². The van der Waals surface area contributed by atoms with E-state index < -0.39 is 4.92 Å². The molecule has 0 unspecified atom stereocenters. The quantitative estimate of drug-likeness (QED) is 0.491. The Kier molecular flexibility index (Phi) is 5.80. The van der Waals surface area contributed by atoms with E-state index in [-0.39, 0.29) is 5.69 Å². The second-order valence-electron chi connectivity index (χ2n) is 7.00. The molecule has 1 saturated heterocycles. The van der Waals surface area contributed by atoms with Gasteiger partial charge in [0.15, 0.2) is 5.82 Å². The lowest BCUT2D eigenvalue weighted by molar-refractivity contribution is -0.384. The Labute approximate surface area is 173 Å². The minimum atomic E-state index is -0.423. The maximum atomic E-state index is 11.1. The van der Waals surface area contributed by atoms with Gasteiger partial charge in [-0.05, 0) is 24.6 Å². The number of nitro benzene ring substituents is 1. The number of benzene rings is 1. The number of aryl methyl sites for hydroxylation is 1. The molecular weight excluding hydrogens is 384 g/mol. The smallest absolute Gasteiger partial charge is 0.270 e. The van der Waals surface area contributed by atoms with Gasteiger partial charge in [-0.3, -0.25) is 10.1 Å². The number of morpholine rings is 1. The van der Waals surface area contributed by atoms with Crippen LogP contribution in [0.4, 0.5) is 17.3 Å². The predicted molar refractivity (Wildman–Crippen MR) is 113 cm³/mol. The minimum absolute atomic E-state index is 0.0135. The van der Waals surface area contributed by atoms with E-state index in [1.807, 2.05) is 25.3 Å². The number of rotatable bonds is 6. The lowest BCUT2D eigenvalue weighted by Crippen LogP contribution is -2.36. The summed E-state index contributed by atoms with van der Waals surface area (Å²) in [7, 11) is 0. The van der Waals surface area contributed by atoms with Crippen molar-refractivity contribution in [2.24, 2.45) is 0 Å². The van der Waals surface area contributed by atoms with E-state index >= 15 is 0 Å². The normalized spacial score (nSPS) is 13.8. The van der Waals surface area contributed by atoms with E-state index in [0.29, 0.717) is 37.0 Å². The lowest BCUT2D eigenvalue weighted by atomic mass is 10.2. The van der Waals surface area contributed by atoms with E-state index in [9.17, 15) is 10.1 Å². The van der Waals surface area contributed by atoms with Gasteiger partial charge in [0.05, 0.1) is 18.1 Å². The second kappa shape index (κ2) is 8.83. The summed E-state index contributed by atoms with van der Waals surface area (Å²) in [5.41, 5.74) is 2.48. The van der Waals surface area contributed by atoms with Crippen molar-refractivity contribution < 1.29 is 9.66 Å². The van der Waals surface area contributed by atoms with Crippen molar-refractivity contribution in [3.8, 4) is 11.4 Å². The number of nitrogens with one attached hydrogen (secondary N) is 1. The molecule has 0 amide bonds. The molecular formula is C21H22N6O3. The Morgan fingerprint density at radius 1 is 1.17 bits per heavy atom. The van der Waals surface area contributed by atoms with Gasteiger partial charge in [0.25, 0.3) is 5.69 Å². The maximum Gasteiger partial charge on any atom is 0.270 e.